The second-order valence-corrected chi connectivity index (χ2v) is 7.69. The van der Waals surface area contributed by atoms with Gasteiger partial charge in [0.1, 0.15) is 12.4 Å². The Kier molecular flexibility index (Phi) is 6.57. The second-order valence-electron chi connectivity index (χ2n) is 6.68. The molecule has 0 aromatic heterocycles. The van der Waals surface area contributed by atoms with Crippen LogP contribution in [0.2, 0.25) is 0 Å². The number of thioether (sulfide) groups is 1. The van der Waals surface area contributed by atoms with Crippen molar-refractivity contribution >= 4 is 34.6 Å². The fraction of sp³-hybridized carbons (Fsp3) is 0.217. The first-order chi connectivity index (χ1) is 13.6. The molecule has 0 N–H and O–H groups in total. The Morgan fingerprint density at radius 1 is 1.18 bits per heavy atom. The Hall–Kier alpha value is -2.97. The van der Waals surface area contributed by atoms with Crippen molar-refractivity contribution in [1.29, 1.82) is 0 Å². The molecular formula is C23H22N2O2S. The van der Waals surface area contributed by atoms with Gasteiger partial charge in [-0.1, -0.05) is 56.2 Å². The second kappa shape index (κ2) is 9.29. The predicted octanol–water partition coefficient (Wildman–Crippen LogP) is 4.96. The number of hydrogen-bond acceptors (Lipinski definition) is 4. The molecule has 4 nitrogen and oxygen atoms in total. The summed E-state index contributed by atoms with van der Waals surface area (Å²) >= 11 is 1.38. The topological polar surface area (TPSA) is 41.9 Å². The van der Waals surface area contributed by atoms with Crippen LogP contribution in [0.3, 0.4) is 0 Å². The summed E-state index contributed by atoms with van der Waals surface area (Å²) in [5.74, 6) is 3.41. The van der Waals surface area contributed by atoms with E-state index >= 15 is 0 Å². The average molecular weight is 391 g/mol. The molecule has 2 aromatic carbocycles. The summed E-state index contributed by atoms with van der Waals surface area (Å²) < 4.78 is 5.60. The third-order valence-corrected chi connectivity index (χ3v) is 4.94. The highest BCUT2D eigenvalue weighted by atomic mass is 32.2. The van der Waals surface area contributed by atoms with Gasteiger partial charge in [0, 0.05) is 12.1 Å². The lowest BCUT2D eigenvalue weighted by atomic mass is 10.1. The van der Waals surface area contributed by atoms with Gasteiger partial charge in [0.25, 0.3) is 5.91 Å². The Morgan fingerprint density at radius 2 is 1.89 bits per heavy atom. The SMILES string of the molecule is C#CCOc1ccccc1/C=C1/SC(=Nc2ccccc2)N(CC(C)C)C1=O. The maximum absolute atomic E-state index is 13.1. The van der Waals surface area contributed by atoms with Crippen molar-refractivity contribution in [2.45, 2.75) is 13.8 Å². The zero-order valence-corrected chi connectivity index (χ0v) is 16.8. The molecule has 1 aliphatic rings. The van der Waals surface area contributed by atoms with Gasteiger partial charge in [0.15, 0.2) is 5.17 Å². The highest BCUT2D eigenvalue weighted by Gasteiger charge is 2.33. The maximum atomic E-state index is 13.1. The number of nitrogens with zero attached hydrogens (tertiary/aromatic N) is 2. The van der Waals surface area contributed by atoms with Gasteiger partial charge in [-0.15, -0.1) is 6.42 Å². The zero-order valence-electron chi connectivity index (χ0n) is 16.0. The molecular weight excluding hydrogens is 368 g/mol. The molecule has 2 aromatic rings. The summed E-state index contributed by atoms with van der Waals surface area (Å²) in [6, 6.07) is 17.2. The molecule has 1 fully saturated rings. The highest BCUT2D eigenvalue weighted by molar-refractivity contribution is 8.18. The lowest BCUT2D eigenvalue weighted by molar-refractivity contribution is -0.122. The van der Waals surface area contributed by atoms with Gasteiger partial charge in [0.05, 0.1) is 10.6 Å². The van der Waals surface area contributed by atoms with Crippen LogP contribution in [0.15, 0.2) is 64.5 Å². The Balaban J connectivity index is 1.95. The van der Waals surface area contributed by atoms with E-state index in [1.54, 1.807) is 4.90 Å². The van der Waals surface area contributed by atoms with Crippen LogP contribution in [0.1, 0.15) is 19.4 Å². The van der Waals surface area contributed by atoms with E-state index in [1.165, 1.54) is 11.8 Å². The smallest absolute Gasteiger partial charge is 0.266 e. The average Bonchev–Trinajstić information content (AvgIpc) is 2.96. The minimum absolute atomic E-state index is 0.0415. The van der Waals surface area contributed by atoms with E-state index < -0.39 is 0 Å². The molecule has 1 aliphatic heterocycles. The summed E-state index contributed by atoms with van der Waals surface area (Å²) in [5, 5.41) is 0.693. The molecule has 0 bridgehead atoms. The minimum Gasteiger partial charge on any atom is -0.480 e. The first-order valence-electron chi connectivity index (χ1n) is 9.09. The molecule has 1 amide bonds. The largest absolute Gasteiger partial charge is 0.480 e. The Bertz CT molecular complexity index is 943. The van der Waals surface area contributed by atoms with E-state index in [4.69, 9.17) is 16.2 Å². The highest BCUT2D eigenvalue weighted by Crippen LogP contribution is 2.35. The fourth-order valence-corrected chi connectivity index (χ4v) is 3.72. The zero-order chi connectivity index (χ0) is 19.9. The van der Waals surface area contributed by atoms with Crippen molar-refractivity contribution in [1.82, 2.24) is 4.90 Å². The number of carbonyl (C=O) groups excluding carboxylic acids is 1. The number of amidine groups is 1. The molecule has 3 rings (SSSR count). The number of rotatable bonds is 6. The molecule has 28 heavy (non-hydrogen) atoms. The third kappa shape index (κ3) is 4.85. The number of amides is 1. The third-order valence-electron chi connectivity index (χ3n) is 3.93. The van der Waals surface area contributed by atoms with Gasteiger partial charge in [-0.05, 0) is 42.0 Å². The van der Waals surface area contributed by atoms with Crippen molar-refractivity contribution in [3.8, 4) is 18.1 Å². The first-order valence-corrected chi connectivity index (χ1v) is 9.90. The lowest BCUT2D eigenvalue weighted by Gasteiger charge is -2.17. The maximum Gasteiger partial charge on any atom is 0.266 e. The van der Waals surface area contributed by atoms with Gasteiger partial charge in [-0.2, -0.15) is 0 Å². The molecule has 0 saturated carbocycles. The Labute approximate surface area is 170 Å². The van der Waals surface area contributed by atoms with Gasteiger partial charge < -0.3 is 4.74 Å². The van der Waals surface area contributed by atoms with E-state index in [1.807, 2.05) is 60.7 Å². The molecule has 0 spiro atoms. The summed E-state index contributed by atoms with van der Waals surface area (Å²) in [7, 11) is 0. The molecule has 0 radical (unpaired) electrons. The van der Waals surface area contributed by atoms with Gasteiger partial charge in [0.2, 0.25) is 0 Å². The van der Waals surface area contributed by atoms with E-state index in [2.05, 4.69) is 19.8 Å². The number of benzene rings is 2. The van der Waals surface area contributed by atoms with E-state index in [0.717, 1.165) is 11.3 Å². The summed E-state index contributed by atoms with van der Waals surface area (Å²) in [5.41, 5.74) is 1.64. The van der Waals surface area contributed by atoms with Gasteiger partial charge in [-0.25, -0.2) is 4.99 Å². The quantitative estimate of drug-likeness (QED) is 0.517. The van der Waals surface area contributed by atoms with Crippen LogP contribution >= 0.6 is 11.8 Å². The van der Waals surface area contributed by atoms with Gasteiger partial charge >= 0.3 is 0 Å². The van der Waals surface area contributed by atoms with E-state index in [0.29, 0.717) is 28.3 Å². The first kappa shape index (κ1) is 19.8. The number of terminal acetylenes is 1. The van der Waals surface area contributed by atoms with E-state index in [9.17, 15) is 4.79 Å². The van der Waals surface area contributed by atoms with Crippen molar-refractivity contribution in [2.75, 3.05) is 13.2 Å². The van der Waals surface area contributed by atoms with Crippen LogP contribution in [0.4, 0.5) is 5.69 Å². The van der Waals surface area contributed by atoms with Crippen LogP contribution < -0.4 is 4.74 Å². The molecule has 0 aliphatic carbocycles. The molecule has 1 heterocycles. The minimum atomic E-state index is -0.0415. The molecule has 142 valence electrons. The summed E-state index contributed by atoms with van der Waals surface area (Å²) in [6.07, 6.45) is 7.14. The van der Waals surface area contributed by atoms with Crippen molar-refractivity contribution in [3.05, 3.63) is 65.1 Å². The van der Waals surface area contributed by atoms with Crippen molar-refractivity contribution in [2.24, 2.45) is 10.9 Å². The number of ether oxygens (including phenoxy) is 1. The normalized spacial score (nSPS) is 16.8. The Morgan fingerprint density at radius 3 is 2.61 bits per heavy atom. The van der Waals surface area contributed by atoms with E-state index in [-0.39, 0.29) is 12.5 Å². The molecule has 5 heteroatoms. The number of para-hydroxylation sites is 2. The van der Waals surface area contributed by atoms with Crippen LogP contribution in [0.5, 0.6) is 5.75 Å². The number of aliphatic imine (C=N–C) groups is 1. The van der Waals surface area contributed by atoms with Crippen molar-refractivity contribution < 1.29 is 9.53 Å². The van der Waals surface area contributed by atoms with Crippen LogP contribution in [-0.2, 0) is 4.79 Å². The van der Waals surface area contributed by atoms with Gasteiger partial charge in [-0.3, -0.25) is 9.69 Å². The van der Waals surface area contributed by atoms with Crippen molar-refractivity contribution in [3.63, 3.8) is 0 Å². The van der Waals surface area contributed by atoms with Crippen LogP contribution in [-0.4, -0.2) is 29.1 Å². The summed E-state index contributed by atoms with van der Waals surface area (Å²) in [4.78, 5) is 20.1. The monoisotopic (exact) mass is 390 g/mol. The number of hydrogen-bond donors (Lipinski definition) is 0. The number of carbonyl (C=O) groups is 1. The van der Waals surface area contributed by atoms with Crippen LogP contribution in [0.25, 0.3) is 6.08 Å². The summed E-state index contributed by atoms with van der Waals surface area (Å²) in [6.45, 7) is 4.97. The standard InChI is InChI=1S/C23H22N2O2S/c1-4-14-27-20-13-9-8-10-18(20)15-21-22(26)25(16-17(2)3)23(28-21)24-19-11-6-5-7-12-19/h1,5-13,15,17H,14,16H2,2-3H3/b21-15+,24-23?. The molecule has 0 atom stereocenters. The molecule has 0 unspecified atom stereocenters. The van der Waals surface area contributed by atoms with Crippen LogP contribution in [0, 0.1) is 18.3 Å². The predicted molar refractivity (Wildman–Crippen MR) is 116 cm³/mol. The lowest BCUT2D eigenvalue weighted by Crippen LogP contribution is -2.32. The molecule has 1 saturated heterocycles. The fourth-order valence-electron chi connectivity index (χ4n) is 2.72.